The van der Waals surface area contributed by atoms with Crippen molar-refractivity contribution >= 4 is 27.4 Å². The fourth-order valence-electron chi connectivity index (χ4n) is 1.87. The summed E-state index contributed by atoms with van der Waals surface area (Å²) in [5.41, 5.74) is 0. The van der Waals surface area contributed by atoms with Crippen molar-refractivity contribution in [2.24, 2.45) is 0 Å². The fourth-order valence-corrected chi connectivity index (χ4v) is 2.61. The first-order valence-electron chi connectivity index (χ1n) is 5.75. The molecule has 3 heterocycles. The van der Waals surface area contributed by atoms with Gasteiger partial charge in [-0.05, 0) is 24.4 Å². The van der Waals surface area contributed by atoms with E-state index in [0.717, 1.165) is 22.6 Å². The zero-order valence-corrected chi connectivity index (χ0v) is 10.8. The van der Waals surface area contributed by atoms with Crippen LogP contribution in [0.5, 0.6) is 0 Å². The molecule has 0 saturated heterocycles. The number of nitrogens with one attached hydrogen (secondary N) is 1. The normalized spacial score (nSPS) is 12.7. The molecule has 0 saturated carbocycles. The number of nitrogens with zero attached hydrogens (tertiary/aromatic N) is 4. The fraction of sp³-hybridized carbons (Fsp3) is 0.250. The predicted molar refractivity (Wildman–Crippen MR) is 72.7 cm³/mol. The number of hydrogen-bond acceptors (Lipinski definition) is 5. The number of hydrogen-bond donors (Lipinski definition) is 1. The highest BCUT2D eigenvalue weighted by Crippen LogP contribution is 2.24. The summed E-state index contributed by atoms with van der Waals surface area (Å²) >= 11 is 1.63. The van der Waals surface area contributed by atoms with Crippen molar-refractivity contribution in [1.82, 2.24) is 19.7 Å². The number of thiophene rings is 1. The van der Waals surface area contributed by atoms with Crippen LogP contribution >= 0.6 is 11.3 Å². The Morgan fingerprint density at radius 2 is 2.39 bits per heavy atom. The Kier molecular flexibility index (Phi) is 2.93. The SMILES string of the molecule is C[C@@H](Cn1cccn1)Nc1ncnc2sccc12. The Hall–Kier alpha value is -1.95. The first-order valence-corrected chi connectivity index (χ1v) is 6.63. The minimum Gasteiger partial charge on any atom is -0.365 e. The zero-order valence-electron chi connectivity index (χ0n) is 9.95. The van der Waals surface area contributed by atoms with Crippen molar-refractivity contribution in [1.29, 1.82) is 0 Å². The summed E-state index contributed by atoms with van der Waals surface area (Å²) in [6.45, 7) is 2.92. The van der Waals surface area contributed by atoms with Crippen LogP contribution in [0.15, 0.2) is 36.2 Å². The Labute approximate surface area is 109 Å². The van der Waals surface area contributed by atoms with Crippen LogP contribution in [0.2, 0.25) is 0 Å². The van der Waals surface area contributed by atoms with Gasteiger partial charge in [0.15, 0.2) is 0 Å². The molecular weight excluding hydrogens is 246 g/mol. The maximum atomic E-state index is 4.30. The van der Waals surface area contributed by atoms with Crippen LogP contribution < -0.4 is 5.32 Å². The standard InChI is InChI=1S/C12H13N5S/c1-9(7-17-5-2-4-15-17)16-11-10-3-6-18-12(10)14-8-13-11/h2-6,8-9H,7H2,1H3,(H,13,14,16)/t9-/m0/s1. The largest absolute Gasteiger partial charge is 0.365 e. The third-order valence-corrected chi connectivity index (χ3v) is 3.49. The Bertz CT molecular complexity index is 631. The topological polar surface area (TPSA) is 55.6 Å². The van der Waals surface area contributed by atoms with Crippen LogP contribution in [0.1, 0.15) is 6.92 Å². The van der Waals surface area contributed by atoms with Gasteiger partial charge in [0.1, 0.15) is 17.0 Å². The minimum absolute atomic E-state index is 0.253. The van der Waals surface area contributed by atoms with Gasteiger partial charge in [0.2, 0.25) is 0 Å². The second kappa shape index (κ2) is 4.73. The van der Waals surface area contributed by atoms with Crippen LogP contribution in [-0.2, 0) is 6.54 Å². The highest BCUT2D eigenvalue weighted by Gasteiger charge is 2.08. The molecule has 0 spiro atoms. The molecule has 0 aliphatic heterocycles. The quantitative estimate of drug-likeness (QED) is 0.781. The second-order valence-corrected chi connectivity index (χ2v) is 5.03. The molecule has 18 heavy (non-hydrogen) atoms. The van der Waals surface area contributed by atoms with Crippen LogP contribution in [0, 0.1) is 0 Å². The number of anilines is 1. The molecule has 0 aliphatic rings. The van der Waals surface area contributed by atoms with Gasteiger partial charge in [-0.3, -0.25) is 4.68 Å². The molecular formula is C12H13N5S. The molecule has 0 bridgehead atoms. The lowest BCUT2D eigenvalue weighted by Gasteiger charge is -2.14. The highest BCUT2D eigenvalue weighted by molar-refractivity contribution is 7.16. The molecule has 0 unspecified atom stereocenters. The zero-order chi connectivity index (χ0) is 12.4. The molecule has 0 aromatic carbocycles. The van der Waals surface area contributed by atoms with Crippen molar-refractivity contribution in [2.45, 2.75) is 19.5 Å². The summed E-state index contributed by atoms with van der Waals surface area (Å²) in [7, 11) is 0. The van der Waals surface area contributed by atoms with Gasteiger partial charge in [-0.2, -0.15) is 5.10 Å². The van der Waals surface area contributed by atoms with Gasteiger partial charge in [-0.1, -0.05) is 0 Å². The average Bonchev–Trinajstić information content (AvgIpc) is 2.99. The summed E-state index contributed by atoms with van der Waals surface area (Å²) in [6.07, 6.45) is 5.34. The van der Waals surface area contributed by atoms with Crippen molar-refractivity contribution < 1.29 is 0 Å². The predicted octanol–water partition coefficient (Wildman–Crippen LogP) is 2.39. The van der Waals surface area contributed by atoms with E-state index in [1.54, 1.807) is 23.9 Å². The van der Waals surface area contributed by atoms with E-state index in [1.807, 2.05) is 28.4 Å². The van der Waals surface area contributed by atoms with Gasteiger partial charge in [-0.25, -0.2) is 9.97 Å². The van der Waals surface area contributed by atoms with E-state index in [-0.39, 0.29) is 6.04 Å². The van der Waals surface area contributed by atoms with Gasteiger partial charge < -0.3 is 5.32 Å². The van der Waals surface area contributed by atoms with E-state index in [9.17, 15) is 0 Å². The van der Waals surface area contributed by atoms with E-state index in [1.165, 1.54) is 0 Å². The van der Waals surface area contributed by atoms with Crippen LogP contribution in [0.4, 0.5) is 5.82 Å². The lowest BCUT2D eigenvalue weighted by Crippen LogP contribution is -2.22. The molecule has 1 N–H and O–H groups in total. The second-order valence-electron chi connectivity index (χ2n) is 4.14. The van der Waals surface area contributed by atoms with Crippen LogP contribution in [0.3, 0.4) is 0 Å². The smallest absolute Gasteiger partial charge is 0.138 e. The first-order chi connectivity index (χ1) is 8.83. The molecule has 3 aromatic rings. The van der Waals surface area contributed by atoms with E-state index in [0.29, 0.717) is 0 Å². The maximum absolute atomic E-state index is 4.30. The van der Waals surface area contributed by atoms with Crippen molar-refractivity contribution in [3.63, 3.8) is 0 Å². The number of fused-ring (bicyclic) bond motifs is 1. The lowest BCUT2D eigenvalue weighted by atomic mass is 10.3. The lowest BCUT2D eigenvalue weighted by molar-refractivity contribution is 0.560. The molecule has 0 fully saturated rings. The van der Waals surface area contributed by atoms with Crippen molar-refractivity contribution in [3.05, 3.63) is 36.2 Å². The van der Waals surface area contributed by atoms with Gasteiger partial charge in [0.25, 0.3) is 0 Å². The number of rotatable bonds is 4. The first kappa shape index (κ1) is 11.2. The molecule has 3 rings (SSSR count). The summed E-state index contributed by atoms with van der Waals surface area (Å²) in [5, 5.41) is 10.7. The molecule has 0 radical (unpaired) electrons. The van der Waals surface area contributed by atoms with E-state index in [2.05, 4.69) is 27.3 Å². The van der Waals surface area contributed by atoms with Crippen molar-refractivity contribution in [2.75, 3.05) is 5.32 Å². The molecule has 3 aromatic heterocycles. The molecule has 0 amide bonds. The molecule has 0 aliphatic carbocycles. The minimum atomic E-state index is 0.253. The van der Waals surface area contributed by atoms with Gasteiger partial charge in [0, 0.05) is 18.4 Å². The van der Waals surface area contributed by atoms with Gasteiger partial charge in [-0.15, -0.1) is 11.3 Å². The summed E-state index contributed by atoms with van der Waals surface area (Å²) < 4.78 is 1.91. The summed E-state index contributed by atoms with van der Waals surface area (Å²) in [6, 6.07) is 4.22. The molecule has 92 valence electrons. The number of aromatic nitrogens is 4. The van der Waals surface area contributed by atoms with E-state index >= 15 is 0 Å². The van der Waals surface area contributed by atoms with E-state index in [4.69, 9.17) is 0 Å². The highest BCUT2D eigenvalue weighted by atomic mass is 32.1. The molecule has 6 heteroatoms. The molecule has 1 atom stereocenters. The van der Waals surface area contributed by atoms with E-state index < -0.39 is 0 Å². The Morgan fingerprint density at radius 1 is 1.44 bits per heavy atom. The summed E-state index contributed by atoms with van der Waals surface area (Å²) in [4.78, 5) is 9.55. The third-order valence-electron chi connectivity index (χ3n) is 2.66. The average molecular weight is 259 g/mol. The molecule has 5 nitrogen and oxygen atoms in total. The summed E-state index contributed by atoms with van der Waals surface area (Å²) in [5.74, 6) is 0.890. The third kappa shape index (κ3) is 2.19. The Balaban J connectivity index is 1.77. The van der Waals surface area contributed by atoms with Crippen LogP contribution in [-0.4, -0.2) is 25.8 Å². The van der Waals surface area contributed by atoms with Gasteiger partial charge in [0.05, 0.1) is 11.9 Å². The monoisotopic (exact) mass is 259 g/mol. The Morgan fingerprint density at radius 3 is 3.22 bits per heavy atom. The maximum Gasteiger partial charge on any atom is 0.138 e. The van der Waals surface area contributed by atoms with Gasteiger partial charge >= 0.3 is 0 Å². The van der Waals surface area contributed by atoms with Crippen LogP contribution in [0.25, 0.3) is 10.2 Å². The van der Waals surface area contributed by atoms with Crippen molar-refractivity contribution in [3.8, 4) is 0 Å².